The molecule has 0 aliphatic rings. The first-order valence-electron chi connectivity index (χ1n) is 6.23. The Labute approximate surface area is 115 Å². The quantitative estimate of drug-likeness (QED) is 0.775. The highest BCUT2D eigenvalue weighted by atomic mass is 16.4. The van der Waals surface area contributed by atoms with Gasteiger partial charge in [0, 0.05) is 0 Å². The van der Waals surface area contributed by atoms with Gasteiger partial charge in [-0.3, -0.25) is 0 Å². The number of benzene rings is 2. The van der Waals surface area contributed by atoms with Crippen LogP contribution in [0.25, 0.3) is 16.7 Å². The van der Waals surface area contributed by atoms with Crippen LogP contribution in [0.15, 0.2) is 36.4 Å². The van der Waals surface area contributed by atoms with Crippen LogP contribution >= 0.6 is 0 Å². The van der Waals surface area contributed by atoms with E-state index in [1.165, 1.54) is 0 Å². The third kappa shape index (κ3) is 1.84. The van der Waals surface area contributed by atoms with Gasteiger partial charge in [-0.2, -0.15) is 0 Å². The maximum atomic E-state index is 11.2. The van der Waals surface area contributed by atoms with Gasteiger partial charge >= 0.3 is 5.97 Å². The average Bonchev–Trinajstić information content (AvgIpc) is 2.85. The molecule has 0 bridgehead atoms. The first kappa shape index (κ1) is 12.3. The summed E-state index contributed by atoms with van der Waals surface area (Å²) < 4.78 is 1.68. The van der Waals surface area contributed by atoms with Crippen molar-refractivity contribution in [2.75, 3.05) is 0 Å². The van der Waals surface area contributed by atoms with Crippen molar-refractivity contribution in [1.29, 1.82) is 0 Å². The van der Waals surface area contributed by atoms with E-state index >= 15 is 0 Å². The minimum atomic E-state index is -0.946. The molecule has 0 spiro atoms. The largest absolute Gasteiger partial charge is 0.478 e. The number of rotatable bonds is 2. The van der Waals surface area contributed by atoms with E-state index in [1.807, 2.05) is 38.1 Å². The highest BCUT2D eigenvalue weighted by Gasteiger charge is 2.13. The molecule has 0 atom stereocenters. The molecule has 0 saturated heterocycles. The molecule has 20 heavy (non-hydrogen) atoms. The summed E-state index contributed by atoms with van der Waals surface area (Å²) in [5.74, 6) is -0.946. The molecule has 1 N–H and O–H groups in total. The summed E-state index contributed by atoms with van der Waals surface area (Å²) >= 11 is 0. The number of carboxylic acid groups (broad SMARTS) is 1. The van der Waals surface area contributed by atoms with Crippen molar-refractivity contribution in [2.45, 2.75) is 13.8 Å². The lowest BCUT2D eigenvalue weighted by molar-refractivity contribution is 0.0696. The topological polar surface area (TPSA) is 68.0 Å². The predicted molar refractivity (Wildman–Crippen MR) is 75.3 cm³/mol. The van der Waals surface area contributed by atoms with Crippen LogP contribution in [0.4, 0.5) is 0 Å². The van der Waals surface area contributed by atoms with Gasteiger partial charge in [0.15, 0.2) is 0 Å². The van der Waals surface area contributed by atoms with Crippen LogP contribution in [0.3, 0.4) is 0 Å². The van der Waals surface area contributed by atoms with Crippen LogP contribution in [0.2, 0.25) is 0 Å². The van der Waals surface area contributed by atoms with E-state index in [4.69, 9.17) is 0 Å². The number of nitrogens with zero attached hydrogens (tertiary/aromatic N) is 3. The molecule has 0 radical (unpaired) electrons. The minimum absolute atomic E-state index is 0.252. The molecule has 5 heteroatoms. The highest BCUT2D eigenvalue weighted by Crippen LogP contribution is 2.23. The number of aromatic carboxylic acids is 1. The summed E-state index contributed by atoms with van der Waals surface area (Å²) in [7, 11) is 0. The highest BCUT2D eigenvalue weighted by molar-refractivity contribution is 5.89. The van der Waals surface area contributed by atoms with Crippen LogP contribution in [0, 0.1) is 13.8 Å². The normalized spacial score (nSPS) is 10.9. The van der Waals surface area contributed by atoms with Gasteiger partial charge in [-0.1, -0.05) is 17.3 Å². The van der Waals surface area contributed by atoms with Crippen LogP contribution in [0.5, 0.6) is 0 Å². The van der Waals surface area contributed by atoms with Gasteiger partial charge in [0.2, 0.25) is 0 Å². The Balaban J connectivity index is 2.31. The van der Waals surface area contributed by atoms with Crippen molar-refractivity contribution in [1.82, 2.24) is 15.0 Å². The zero-order valence-corrected chi connectivity index (χ0v) is 11.2. The Kier molecular flexibility index (Phi) is 2.75. The van der Waals surface area contributed by atoms with Crippen molar-refractivity contribution < 1.29 is 9.90 Å². The zero-order valence-electron chi connectivity index (χ0n) is 11.2. The Bertz CT molecular complexity index is 821. The van der Waals surface area contributed by atoms with Gasteiger partial charge in [-0.15, -0.1) is 5.10 Å². The summed E-state index contributed by atoms with van der Waals surface area (Å²) in [6.07, 6.45) is 0. The second-order valence-electron chi connectivity index (χ2n) is 4.73. The number of aromatic nitrogens is 3. The number of para-hydroxylation sites is 1. The molecule has 5 nitrogen and oxygen atoms in total. The molecular weight excluding hydrogens is 254 g/mol. The second-order valence-corrected chi connectivity index (χ2v) is 4.73. The number of aryl methyl sites for hydroxylation is 1. The first-order valence-corrected chi connectivity index (χ1v) is 6.23. The Morgan fingerprint density at radius 2 is 1.95 bits per heavy atom. The summed E-state index contributed by atoms with van der Waals surface area (Å²) in [6.45, 7) is 3.84. The van der Waals surface area contributed by atoms with E-state index in [0.717, 1.165) is 27.8 Å². The van der Waals surface area contributed by atoms with Crippen molar-refractivity contribution >= 4 is 17.0 Å². The molecule has 0 saturated carbocycles. The number of hydrogen-bond acceptors (Lipinski definition) is 3. The molecule has 1 aromatic heterocycles. The van der Waals surface area contributed by atoms with Crippen LogP contribution < -0.4 is 0 Å². The molecule has 1 heterocycles. The molecule has 3 rings (SSSR count). The SMILES string of the molecule is Cc1cc(C(=O)O)cc(-n2nnc3ccccc32)c1C. The molecule has 2 aromatic carbocycles. The number of hydrogen-bond donors (Lipinski definition) is 1. The second kappa shape index (κ2) is 4.45. The molecule has 3 aromatic rings. The maximum absolute atomic E-state index is 11.2. The molecule has 0 aliphatic heterocycles. The van der Waals surface area contributed by atoms with E-state index < -0.39 is 5.97 Å². The Morgan fingerprint density at radius 3 is 2.70 bits per heavy atom. The van der Waals surface area contributed by atoms with Crippen LogP contribution in [-0.2, 0) is 0 Å². The average molecular weight is 267 g/mol. The molecule has 0 fully saturated rings. The van der Waals surface area contributed by atoms with E-state index in [0.29, 0.717) is 0 Å². The first-order chi connectivity index (χ1) is 9.58. The minimum Gasteiger partial charge on any atom is -0.478 e. The Hall–Kier alpha value is -2.69. The number of fused-ring (bicyclic) bond motifs is 1. The standard InChI is InChI=1S/C15H13N3O2/c1-9-7-11(15(19)20)8-14(10(9)2)18-13-6-4-3-5-12(13)16-17-18/h3-8H,1-2H3,(H,19,20). The Morgan fingerprint density at radius 1 is 1.20 bits per heavy atom. The van der Waals surface area contributed by atoms with Crippen LogP contribution in [0.1, 0.15) is 21.5 Å². The number of carboxylic acids is 1. The third-order valence-electron chi connectivity index (χ3n) is 3.47. The van der Waals surface area contributed by atoms with Gasteiger partial charge in [0.05, 0.1) is 16.8 Å². The zero-order chi connectivity index (χ0) is 14.3. The smallest absolute Gasteiger partial charge is 0.335 e. The summed E-state index contributed by atoms with van der Waals surface area (Å²) in [5.41, 5.74) is 4.55. The molecule has 0 unspecified atom stereocenters. The van der Waals surface area contributed by atoms with Crippen molar-refractivity contribution in [2.24, 2.45) is 0 Å². The lowest BCUT2D eigenvalue weighted by atomic mass is 10.0. The molecule has 0 amide bonds. The van der Waals surface area contributed by atoms with Crippen molar-refractivity contribution in [3.05, 3.63) is 53.1 Å². The fourth-order valence-corrected chi connectivity index (χ4v) is 2.23. The fourth-order valence-electron chi connectivity index (χ4n) is 2.23. The van der Waals surface area contributed by atoms with E-state index in [9.17, 15) is 9.90 Å². The van der Waals surface area contributed by atoms with Gasteiger partial charge in [-0.25, -0.2) is 9.48 Å². The van der Waals surface area contributed by atoms with Gasteiger partial charge in [0.25, 0.3) is 0 Å². The van der Waals surface area contributed by atoms with E-state index in [2.05, 4.69) is 10.3 Å². The van der Waals surface area contributed by atoms with Crippen molar-refractivity contribution in [3.63, 3.8) is 0 Å². The predicted octanol–water partition coefficient (Wildman–Crippen LogP) is 2.74. The summed E-state index contributed by atoms with van der Waals surface area (Å²) in [5, 5.41) is 17.4. The van der Waals surface area contributed by atoms with Gasteiger partial charge < -0.3 is 5.11 Å². The lowest BCUT2D eigenvalue weighted by Gasteiger charge is -2.10. The van der Waals surface area contributed by atoms with Crippen LogP contribution in [-0.4, -0.2) is 26.1 Å². The molecule has 100 valence electrons. The lowest BCUT2D eigenvalue weighted by Crippen LogP contribution is -2.05. The van der Waals surface area contributed by atoms with Gasteiger partial charge in [-0.05, 0) is 49.2 Å². The fraction of sp³-hybridized carbons (Fsp3) is 0.133. The van der Waals surface area contributed by atoms with E-state index in [1.54, 1.807) is 16.8 Å². The van der Waals surface area contributed by atoms with Crippen molar-refractivity contribution in [3.8, 4) is 5.69 Å². The number of carbonyl (C=O) groups is 1. The summed E-state index contributed by atoms with van der Waals surface area (Å²) in [4.78, 5) is 11.2. The van der Waals surface area contributed by atoms with E-state index in [-0.39, 0.29) is 5.56 Å². The summed E-state index contributed by atoms with van der Waals surface area (Å²) in [6, 6.07) is 10.9. The molecular formula is C15H13N3O2. The molecule has 0 aliphatic carbocycles. The third-order valence-corrected chi connectivity index (χ3v) is 3.47. The van der Waals surface area contributed by atoms with Gasteiger partial charge in [0.1, 0.15) is 5.52 Å². The maximum Gasteiger partial charge on any atom is 0.335 e. The monoisotopic (exact) mass is 267 g/mol.